The average Bonchev–Trinajstić information content (AvgIpc) is 2.33. The van der Waals surface area contributed by atoms with Gasteiger partial charge in [0, 0.05) is 19.6 Å². The molecule has 1 heterocycles. The van der Waals surface area contributed by atoms with Gasteiger partial charge in [-0.15, -0.1) is 0 Å². The van der Waals surface area contributed by atoms with E-state index in [-0.39, 0.29) is 10.6 Å². The first-order valence-electron chi connectivity index (χ1n) is 6.20. The highest BCUT2D eigenvalue weighted by Crippen LogP contribution is 2.14. The molecular formula is C12H21ClN4O. The van der Waals surface area contributed by atoms with Gasteiger partial charge in [0.1, 0.15) is 5.02 Å². The Bertz CT molecular complexity index is 431. The average molecular weight is 273 g/mol. The molecule has 0 bridgehead atoms. The Morgan fingerprint density at radius 3 is 2.83 bits per heavy atom. The molecule has 1 N–H and O–H groups in total. The third-order valence-electron chi connectivity index (χ3n) is 2.58. The lowest BCUT2D eigenvalue weighted by molar-refractivity contribution is 0.425. The van der Waals surface area contributed by atoms with Gasteiger partial charge in [0.15, 0.2) is 0 Å². The number of halogens is 1. The predicted octanol–water partition coefficient (Wildman–Crippen LogP) is 1.67. The van der Waals surface area contributed by atoms with Gasteiger partial charge in [0.05, 0.1) is 11.9 Å². The lowest BCUT2D eigenvalue weighted by Gasteiger charge is -2.12. The van der Waals surface area contributed by atoms with Gasteiger partial charge in [-0.2, -0.15) is 5.10 Å². The van der Waals surface area contributed by atoms with E-state index in [4.69, 9.17) is 11.6 Å². The standard InChI is InChI=1S/C12H21ClN4O/c1-4-5-7-17-12(18)11(13)10(9-15-17)14-6-8-16(2)3/h9,14H,4-8H2,1-3H3. The van der Waals surface area contributed by atoms with Gasteiger partial charge >= 0.3 is 0 Å². The van der Waals surface area contributed by atoms with Crippen LogP contribution in [-0.4, -0.2) is 41.9 Å². The molecule has 18 heavy (non-hydrogen) atoms. The van der Waals surface area contributed by atoms with E-state index in [1.54, 1.807) is 6.20 Å². The predicted molar refractivity (Wildman–Crippen MR) is 75.5 cm³/mol. The lowest BCUT2D eigenvalue weighted by Crippen LogP contribution is -2.26. The molecule has 0 fully saturated rings. The van der Waals surface area contributed by atoms with Gasteiger partial charge < -0.3 is 10.2 Å². The fourth-order valence-corrected chi connectivity index (χ4v) is 1.68. The van der Waals surface area contributed by atoms with Crippen LogP contribution < -0.4 is 10.9 Å². The Kier molecular flexibility index (Phi) is 6.15. The quantitative estimate of drug-likeness (QED) is 0.820. The number of hydrogen-bond acceptors (Lipinski definition) is 4. The van der Waals surface area contributed by atoms with Crippen LogP contribution in [0.1, 0.15) is 19.8 Å². The Balaban J connectivity index is 2.71. The monoisotopic (exact) mass is 272 g/mol. The maximum Gasteiger partial charge on any atom is 0.287 e. The maximum atomic E-state index is 11.9. The molecule has 0 aromatic carbocycles. The summed E-state index contributed by atoms with van der Waals surface area (Å²) in [5.41, 5.74) is 0.385. The summed E-state index contributed by atoms with van der Waals surface area (Å²) in [6, 6.07) is 0. The van der Waals surface area contributed by atoms with Crippen molar-refractivity contribution in [1.29, 1.82) is 0 Å². The zero-order valence-electron chi connectivity index (χ0n) is 11.2. The molecule has 0 radical (unpaired) electrons. The number of nitrogens with zero attached hydrogens (tertiary/aromatic N) is 3. The van der Waals surface area contributed by atoms with E-state index in [2.05, 4.69) is 22.2 Å². The molecule has 0 aliphatic carbocycles. The Labute approximate surface area is 113 Å². The number of likely N-dealkylation sites (N-methyl/N-ethyl adjacent to an activating group) is 1. The van der Waals surface area contributed by atoms with E-state index in [1.807, 2.05) is 14.1 Å². The van der Waals surface area contributed by atoms with Crippen molar-refractivity contribution in [3.05, 3.63) is 21.6 Å². The van der Waals surface area contributed by atoms with E-state index in [9.17, 15) is 4.79 Å². The lowest BCUT2D eigenvalue weighted by atomic mass is 10.3. The number of nitrogens with one attached hydrogen (secondary N) is 1. The fourth-order valence-electron chi connectivity index (χ4n) is 1.47. The normalized spacial score (nSPS) is 10.9. The van der Waals surface area contributed by atoms with Crippen LogP contribution in [0.4, 0.5) is 5.69 Å². The molecule has 0 spiro atoms. The van der Waals surface area contributed by atoms with E-state index in [0.29, 0.717) is 12.2 Å². The van der Waals surface area contributed by atoms with Crippen LogP contribution in [0.5, 0.6) is 0 Å². The Hall–Kier alpha value is -1.07. The number of rotatable bonds is 7. The maximum absolute atomic E-state index is 11.9. The fraction of sp³-hybridized carbons (Fsp3) is 0.667. The third-order valence-corrected chi connectivity index (χ3v) is 2.95. The summed E-state index contributed by atoms with van der Waals surface area (Å²) in [5, 5.41) is 7.46. The second-order valence-electron chi connectivity index (χ2n) is 4.48. The van der Waals surface area contributed by atoms with Crippen molar-refractivity contribution in [1.82, 2.24) is 14.7 Å². The molecule has 0 aliphatic rings. The minimum absolute atomic E-state index is 0.222. The first-order chi connectivity index (χ1) is 8.56. The summed E-state index contributed by atoms with van der Waals surface area (Å²) in [4.78, 5) is 14.0. The highest BCUT2D eigenvalue weighted by atomic mass is 35.5. The van der Waals surface area contributed by atoms with Crippen molar-refractivity contribution < 1.29 is 0 Å². The highest BCUT2D eigenvalue weighted by molar-refractivity contribution is 6.32. The van der Waals surface area contributed by atoms with E-state index >= 15 is 0 Å². The van der Waals surface area contributed by atoms with Crippen LogP contribution in [0.25, 0.3) is 0 Å². The topological polar surface area (TPSA) is 50.2 Å². The molecule has 102 valence electrons. The van der Waals surface area contributed by atoms with Crippen LogP contribution in [0.15, 0.2) is 11.0 Å². The number of aryl methyl sites for hydroxylation is 1. The van der Waals surface area contributed by atoms with Crippen molar-refractivity contribution in [2.24, 2.45) is 0 Å². The second kappa shape index (κ2) is 7.38. The zero-order valence-corrected chi connectivity index (χ0v) is 12.0. The van der Waals surface area contributed by atoms with Crippen LogP contribution >= 0.6 is 11.6 Å². The summed E-state index contributed by atoms with van der Waals surface area (Å²) in [6.45, 7) is 4.29. The first-order valence-corrected chi connectivity index (χ1v) is 6.58. The number of hydrogen-bond donors (Lipinski definition) is 1. The van der Waals surface area contributed by atoms with Crippen LogP contribution in [0.3, 0.4) is 0 Å². The van der Waals surface area contributed by atoms with E-state index < -0.39 is 0 Å². The van der Waals surface area contributed by atoms with Gasteiger partial charge in [-0.1, -0.05) is 24.9 Å². The van der Waals surface area contributed by atoms with Gasteiger partial charge in [-0.25, -0.2) is 4.68 Å². The molecule has 6 heteroatoms. The van der Waals surface area contributed by atoms with Gasteiger partial charge in [0.2, 0.25) is 0 Å². The van der Waals surface area contributed by atoms with Crippen LogP contribution in [0, 0.1) is 0 Å². The summed E-state index contributed by atoms with van der Waals surface area (Å²) < 4.78 is 1.42. The van der Waals surface area contributed by atoms with Crippen molar-refractivity contribution >= 4 is 17.3 Å². The smallest absolute Gasteiger partial charge is 0.287 e. The van der Waals surface area contributed by atoms with Crippen LogP contribution in [0.2, 0.25) is 5.02 Å². The molecule has 0 unspecified atom stereocenters. The molecule has 1 aromatic rings. The van der Waals surface area contributed by atoms with E-state index in [0.717, 1.165) is 25.9 Å². The Morgan fingerprint density at radius 2 is 2.22 bits per heavy atom. The summed E-state index contributed by atoms with van der Waals surface area (Å²) in [7, 11) is 3.98. The molecule has 0 aliphatic heterocycles. The molecule has 0 amide bonds. The number of anilines is 1. The molecule has 1 rings (SSSR count). The molecule has 5 nitrogen and oxygen atoms in total. The molecule has 1 aromatic heterocycles. The summed E-state index contributed by atoms with van der Waals surface area (Å²) >= 11 is 6.04. The number of aromatic nitrogens is 2. The number of unbranched alkanes of at least 4 members (excludes halogenated alkanes) is 1. The second-order valence-corrected chi connectivity index (χ2v) is 4.86. The molecule has 0 saturated heterocycles. The molecule has 0 saturated carbocycles. The summed E-state index contributed by atoms with van der Waals surface area (Å²) in [6.07, 6.45) is 3.57. The Morgan fingerprint density at radius 1 is 1.50 bits per heavy atom. The minimum atomic E-state index is -0.222. The molecular weight excluding hydrogens is 252 g/mol. The summed E-state index contributed by atoms with van der Waals surface area (Å²) in [5.74, 6) is 0. The SMILES string of the molecule is CCCCn1ncc(NCCN(C)C)c(Cl)c1=O. The largest absolute Gasteiger partial charge is 0.381 e. The highest BCUT2D eigenvalue weighted by Gasteiger charge is 2.08. The van der Waals surface area contributed by atoms with Crippen molar-refractivity contribution in [2.45, 2.75) is 26.3 Å². The van der Waals surface area contributed by atoms with Crippen LogP contribution in [-0.2, 0) is 6.54 Å². The van der Waals surface area contributed by atoms with Crippen molar-refractivity contribution in [3.8, 4) is 0 Å². The zero-order chi connectivity index (χ0) is 13.5. The van der Waals surface area contributed by atoms with E-state index in [1.165, 1.54) is 4.68 Å². The third kappa shape index (κ3) is 4.31. The van der Waals surface area contributed by atoms with Gasteiger partial charge in [-0.3, -0.25) is 4.79 Å². The first kappa shape index (κ1) is 15.0. The van der Waals surface area contributed by atoms with Gasteiger partial charge in [0.25, 0.3) is 5.56 Å². The van der Waals surface area contributed by atoms with Crippen molar-refractivity contribution in [3.63, 3.8) is 0 Å². The van der Waals surface area contributed by atoms with Gasteiger partial charge in [-0.05, 0) is 20.5 Å². The van der Waals surface area contributed by atoms with Crippen molar-refractivity contribution in [2.75, 3.05) is 32.5 Å². The molecule has 0 atom stereocenters. The minimum Gasteiger partial charge on any atom is -0.381 e.